The third-order valence-corrected chi connectivity index (χ3v) is 4.19. The number of nitriles is 1. The van der Waals surface area contributed by atoms with Crippen LogP contribution in [0.25, 0.3) is 0 Å². The maximum Gasteiger partial charge on any atom is 0.262 e. The van der Waals surface area contributed by atoms with E-state index in [0.29, 0.717) is 10.7 Å². The zero-order chi connectivity index (χ0) is 18.2. The number of amides is 2. The maximum absolute atomic E-state index is 12.1. The molecule has 2 aromatic rings. The minimum Gasteiger partial charge on any atom is -0.483 e. The number of carbonyl (C=O) groups is 2. The van der Waals surface area contributed by atoms with Crippen LogP contribution in [0, 0.1) is 11.3 Å². The first-order chi connectivity index (χ1) is 12.0. The van der Waals surface area contributed by atoms with E-state index in [1.54, 1.807) is 12.1 Å². The molecular formula is C17H14ClN3O3S. The monoisotopic (exact) mass is 375 g/mol. The van der Waals surface area contributed by atoms with Gasteiger partial charge in [-0.05, 0) is 30.3 Å². The Kier molecular flexibility index (Phi) is 6.69. The number of hydrogen-bond donors (Lipinski definition) is 2. The molecular weight excluding hydrogens is 362 g/mol. The second kappa shape index (κ2) is 8.97. The minimum atomic E-state index is -0.698. The summed E-state index contributed by atoms with van der Waals surface area (Å²) >= 11 is 7.14. The van der Waals surface area contributed by atoms with Crippen molar-refractivity contribution in [3.8, 4) is 11.8 Å². The average Bonchev–Trinajstić information content (AvgIpc) is 2.59. The van der Waals surface area contributed by atoms with Gasteiger partial charge >= 0.3 is 0 Å². The molecule has 128 valence electrons. The van der Waals surface area contributed by atoms with Crippen molar-refractivity contribution in [2.75, 3.05) is 17.7 Å². The summed E-state index contributed by atoms with van der Waals surface area (Å²) in [7, 11) is 0. The van der Waals surface area contributed by atoms with E-state index in [2.05, 4.69) is 5.32 Å². The van der Waals surface area contributed by atoms with Crippen LogP contribution in [-0.4, -0.2) is 24.2 Å². The topological polar surface area (TPSA) is 105 Å². The molecule has 0 spiro atoms. The van der Waals surface area contributed by atoms with Crippen molar-refractivity contribution < 1.29 is 14.3 Å². The molecule has 0 saturated heterocycles. The SMILES string of the molecule is N#CCSc1ccccc1NC(=O)COc1ccc(Cl)cc1C(N)=O. The van der Waals surface area contributed by atoms with Gasteiger partial charge in [0.1, 0.15) is 5.75 Å². The van der Waals surface area contributed by atoms with Gasteiger partial charge in [0.2, 0.25) is 0 Å². The Labute approximate surface area is 153 Å². The first kappa shape index (κ1) is 18.6. The van der Waals surface area contributed by atoms with E-state index in [1.807, 2.05) is 18.2 Å². The summed E-state index contributed by atoms with van der Waals surface area (Å²) in [6.45, 7) is -0.306. The molecule has 2 amide bonds. The molecule has 0 radical (unpaired) electrons. The molecule has 0 aliphatic rings. The minimum absolute atomic E-state index is 0.102. The highest BCUT2D eigenvalue weighted by Gasteiger charge is 2.13. The second-order valence-electron chi connectivity index (χ2n) is 4.78. The second-order valence-corrected chi connectivity index (χ2v) is 6.24. The molecule has 0 fully saturated rings. The van der Waals surface area contributed by atoms with Gasteiger partial charge in [-0.25, -0.2) is 0 Å². The predicted octanol–water partition coefficient (Wildman–Crippen LogP) is 3.07. The number of nitrogens with zero attached hydrogens (tertiary/aromatic N) is 1. The summed E-state index contributed by atoms with van der Waals surface area (Å²) in [6, 6.07) is 13.6. The molecule has 0 unspecified atom stereocenters. The molecule has 0 bridgehead atoms. The van der Waals surface area contributed by atoms with Crippen molar-refractivity contribution in [2.45, 2.75) is 4.90 Å². The van der Waals surface area contributed by atoms with Crippen molar-refractivity contribution in [3.63, 3.8) is 0 Å². The van der Waals surface area contributed by atoms with Gasteiger partial charge < -0.3 is 15.8 Å². The summed E-state index contributed by atoms with van der Waals surface area (Å²) in [5, 5.41) is 11.7. The summed E-state index contributed by atoms with van der Waals surface area (Å²) in [4.78, 5) is 24.3. The first-order valence-electron chi connectivity index (χ1n) is 7.12. The molecule has 0 saturated carbocycles. The van der Waals surface area contributed by atoms with Gasteiger partial charge in [-0.1, -0.05) is 23.7 Å². The average molecular weight is 376 g/mol. The fourth-order valence-electron chi connectivity index (χ4n) is 1.96. The van der Waals surface area contributed by atoms with E-state index < -0.39 is 11.8 Å². The Morgan fingerprint density at radius 2 is 2.04 bits per heavy atom. The van der Waals surface area contributed by atoms with Crippen LogP contribution in [0.5, 0.6) is 5.75 Å². The number of hydrogen-bond acceptors (Lipinski definition) is 5. The number of benzene rings is 2. The number of anilines is 1. The van der Waals surface area contributed by atoms with Crippen LogP contribution in [0.1, 0.15) is 10.4 Å². The van der Waals surface area contributed by atoms with Gasteiger partial charge in [-0.15, -0.1) is 11.8 Å². The van der Waals surface area contributed by atoms with Gasteiger partial charge in [-0.3, -0.25) is 9.59 Å². The Morgan fingerprint density at radius 1 is 1.28 bits per heavy atom. The van der Waals surface area contributed by atoms with Crippen LogP contribution in [-0.2, 0) is 4.79 Å². The van der Waals surface area contributed by atoms with Gasteiger partial charge in [0.05, 0.1) is 23.1 Å². The first-order valence-corrected chi connectivity index (χ1v) is 8.48. The highest BCUT2D eigenvalue weighted by Crippen LogP contribution is 2.27. The molecule has 0 heterocycles. The van der Waals surface area contributed by atoms with Gasteiger partial charge in [-0.2, -0.15) is 5.26 Å². The van der Waals surface area contributed by atoms with E-state index in [4.69, 9.17) is 27.3 Å². The van der Waals surface area contributed by atoms with Crippen LogP contribution in [0.15, 0.2) is 47.4 Å². The number of rotatable bonds is 7. The zero-order valence-corrected chi connectivity index (χ0v) is 14.6. The molecule has 0 atom stereocenters. The Balaban J connectivity index is 2.03. The summed E-state index contributed by atoms with van der Waals surface area (Å²) in [6.07, 6.45) is 0. The molecule has 8 heteroatoms. The summed E-state index contributed by atoms with van der Waals surface area (Å²) in [5.41, 5.74) is 5.96. The van der Waals surface area contributed by atoms with Crippen LogP contribution in [0.3, 0.4) is 0 Å². The zero-order valence-electron chi connectivity index (χ0n) is 13.0. The molecule has 0 aliphatic heterocycles. The van der Waals surface area contributed by atoms with E-state index in [1.165, 1.54) is 30.0 Å². The van der Waals surface area contributed by atoms with Crippen LogP contribution >= 0.6 is 23.4 Å². The standard InChI is InChI=1S/C17H14ClN3O3S/c18-11-5-6-14(12(9-11)17(20)23)24-10-16(22)21-13-3-1-2-4-15(13)25-8-7-19/h1-6,9H,8,10H2,(H2,20,23)(H,21,22). The molecule has 2 rings (SSSR count). The lowest BCUT2D eigenvalue weighted by Gasteiger charge is -2.12. The van der Waals surface area contributed by atoms with E-state index in [-0.39, 0.29) is 23.7 Å². The smallest absolute Gasteiger partial charge is 0.262 e. The molecule has 3 N–H and O–H groups in total. The highest BCUT2D eigenvalue weighted by atomic mass is 35.5. The van der Waals surface area contributed by atoms with E-state index in [9.17, 15) is 9.59 Å². The molecule has 2 aromatic carbocycles. The van der Waals surface area contributed by atoms with Crippen molar-refractivity contribution >= 4 is 40.9 Å². The Morgan fingerprint density at radius 3 is 2.76 bits per heavy atom. The Bertz CT molecular complexity index is 836. The van der Waals surface area contributed by atoms with Crippen LogP contribution < -0.4 is 15.8 Å². The van der Waals surface area contributed by atoms with Gasteiger partial charge in [0.25, 0.3) is 11.8 Å². The lowest BCUT2D eigenvalue weighted by atomic mass is 10.2. The normalized spacial score (nSPS) is 9.92. The Hall–Kier alpha value is -2.69. The van der Waals surface area contributed by atoms with E-state index in [0.717, 1.165) is 4.90 Å². The van der Waals surface area contributed by atoms with Crippen molar-refractivity contribution in [2.24, 2.45) is 5.73 Å². The molecule has 6 nitrogen and oxygen atoms in total. The van der Waals surface area contributed by atoms with Crippen molar-refractivity contribution in [3.05, 3.63) is 53.1 Å². The largest absolute Gasteiger partial charge is 0.483 e. The predicted molar refractivity (Wildman–Crippen MR) is 96.9 cm³/mol. The van der Waals surface area contributed by atoms with Crippen molar-refractivity contribution in [1.82, 2.24) is 0 Å². The lowest BCUT2D eigenvalue weighted by molar-refractivity contribution is -0.118. The number of thioether (sulfide) groups is 1. The van der Waals surface area contributed by atoms with Crippen molar-refractivity contribution in [1.29, 1.82) is 5.26 Å². The molecule has 0 aliphatic carbocycles. The number of ether oxygens (including phenoxy) is 1. The fraction of sp³-hybridized carbons (Fsp3) is 0.118. The number of nitrogens with two attached hydrogens (primary N) is 1. The summed E-state index contributed by atoms with van der Waals surface area (Å²) in [5.74, 6) is -0.651. The number of para-hydroxylation sites is 1. The van der Waals surface area contributed by atoms with Gasteiger partial charge in [0, 0.05) is 9.92 Å². The fourth-order valence-corrected chi connectivity index (χ4v) is 2.80. The van der Waals surface area contributed by atoms with Crippen LogP contribution in [0.2, 0.25) is 5.02 Å². The quantitative estimate of drug-likeness (QED) is 0.723. The molecule has 0 aromatic heterocycles. The van der Waals surface area contributed by atoms with Gasteiger partial charge in [0.15, 0.2) is 6.61 Å². The lowest BCUT2D eigenvalue weighted by Crippen LogP contribution is -2.22. The highest BCUT2D eigenvalue weighted by molar-refractivity contribution is 7.99. The number of nitrogens with one attached hydrogen (secondary N) is 1. The number of carbonyl (C=O) groups excluding carboxylic acids is 2. The maximum atomic E-state index is 12.1. The molecule has 25 heavy (non-hydrogen) atoms. The number of primary amides is 1. The third-order valence-electron chi connectivity index (χ3n) is 3.02. The third kappa shape index (κ3) is 5.41. The summed E-state index contributed by atoms with van der Waals surface area (Å²) < 4.78 is 5.38. The van der Waals surface area contributed by atoms with E-state index >= 15 is 0 Å². The number of halogens is 1. The van der Waals surface area contributed by atoms with Crippen LogP contribution in [0.4, 0.5) is 5.69 Å².